The van der Waals surface area contributed by atoms with Crippen molar-refractivity contribution < 1.29 is 28.6 Å². The molecule has 39 heavy (non-hydrogen) atoms. The summed E-state index contributed by atoms with van der Waals surface area (Å²) >= 11 is 0. The average molecular weight is 545 g/mol. The maximum absolute atomic E-state index is 13.3. The zero-order valence-corrected chi connectivity index (χ0v) is 19.5. The number of aromatic nitrogens is 5. The highest BCUT2D eigenvalue weighted by molar-refractivity contribution is 6.06. The fourth-order valence-electron chi connectivity index (χ4n) is 2.91. The van der Waals surface area contributed by atoms with Gasteiger partial charge in [0.05, 0.1) is 0 Å². The van der Waals surface area contributed by atoms with E-state index in [0.29, 0.717) is 5.69 Å². The van der Waals surface area contributed by atoms with Gasteiger partial charge in [0.1, 0.15) is 11.6 Å². The van der Waals surface area contributed by atoms with Gasteiger partial charge in [0, 0.05) is 29.3 Å². The number of amides is 2. The second-order valence-electron chi connectivity index (χ2n) is 7.47. The zero-order chi connectivity index (χ0) is 28.9. The van der Waals surface area contributed by atoms with E-state index < -0.39 is 68.8 Å². The molecule has 15 nitrogen and oxygen atoms in total. The minimum Gasteiger partial charge on any atom is -0.494 e. The number of anilines is 2. The monoisotopic (exact) mass is 545 g/mol. The number of nitrogens with zero attached hydrogens (tertiary/aromatic N) is 1. The molecule has 0 bridgehead atoms. The van der Waals surface area contributed by atoms with Crippen LogP contribution in [0, 0.1) is 18.6 Å². The van der Waals surface area contributed by atoms with E-state index in [9.17, 15) is 47.8 Å². The molecule has 0 spiro atoms. The molecule has 0 aliphatic rings. The molecule has 4 aromatic rings. The number of carbonyl (C=O) groups is 2. The molecular formula is C22H17F2N7O8. The normalized spacial score (nSPS) is 10.2. The minimum absolute atomic E-state index is 0.224. The standard InChI is InChI=1S/C12H9F2N3O4.C10H8N4O4/c1-4-6(13)2-5(3-7(4)14)15-9(18)8-10(19)16-12(21)17-11(8)20;15-7(12-5-1-3-11-4-2-5)6-8(16)13-10(18)14-9(6)17/h2-3H,1H3,(H,15,18)(H3,16,17,19,20,21);1-4H,(H,11,12,15)(H3,13,14,16,17,18). The third-order valence-corrected chi connectivity index (χ3v) is 4.78. The number of aromatic hydroxyl groups is 2. The Morgan fingerprint density at radius 3 is 1.56 bits per heavy atom. The molecule has 0 atom stereocenters. The molecule has 3 aromatic heterocycles. The van der Waals surface area contributed by atoms with Gasteiger partial charge in [-0.3, -0.25) is 44.1 Å². The van der Waals surface area contributed by atoms with Crippen LogP contribution < -0.4 is 33.1 Å². The number of H-pyrrole nitrogens is 4. The molecule has 8 N–H and O–H groups in total. The van der Waals surface area contributed by atoms with Gasteiger partial charge < -0.3 is 20.8 Å². The molecule has 1 aromatic carbocycles. The summed E-state index contributed by atoms with van der Waals surface area (Å²) in [7, 11) is 0. The lowest BCUT2D eigenvalue weighted by Crippen LogP contribution is -2.30. The first kappa shape index (κ1) is 27.7. The third kappa shape index (κ3) is 6.67. The van der Waals surface area contributed by atoms with Crippen molar-refractivity contribution in [2.75, 3.05) is 10.6 Å². The number of nitrogens with one attached hydrogen (secondary N) is 6. The zero-order valence-electron chi connectivity index (χ0n) is 19.5. The van der Waals surface area contributed by atoms with E-state index in [0.717, 1.165) is 12.1 Å². The molecule has 0 fully saturated rings. The smallest absolute Gasteiger partial charge is 0.328 e. The molecule has 0 aliphatic heterocycles. The van der Waals surface area contributed by atoms with Gasteiger partial charge in [-0.05, 0) is 31.2 Å². The van der Waals surface area contributed by atoms with Gasteiger partial charge in [-0.1, -0.05) is 0 Å². The van der Waals surface area contributed by atoms with E-state index in [1.54, 1.807) is 4.98 Å². The molecule has 4 rings (SSSR count). The second-order valence-corrected chi connectivity index (χ2v) is 7.47. The predicted molar refractivity (Wildman–Crippen MR) is 130 cm³/mol. The summed E-state index contributed by atoms with van der Waals surface area (Å²) in [6.07, 6.45) is 2.90. The van der Waals surface area contributed by atoms with Gasteiger partial charge >= 0.3 is 11.4 Å². The van der Waals surface area contributed by atoms with Crippen LogP contribution in [0.4, 0.5) is 20.2 Å². The summed E-state index contributed by atoms with van der Waals surface area (Å²) < 4.78 is 26.7. The summed E-state index contributed by atoms with van der Waals surface area (Å²) in [5.74, 6) is -5.47. The van der Waals surface area contributed by atoms with Crippen LogP contribution in [-0.2, 0) is 0 Å². The van der Waals surface area contributed by atoms with Crippen LogP contribution in [0.15, 0.2) is 55.8 Å². The van der Waals surface area contributed by atoms with Crippen LogP contribution in [0.3, 0.4) is 0 Å². The lowest BCUT2D eigenvalue weighted by Gasteiger charge is -2.07. The quantitative estimate of drug-likeness (QED) is 0.172. The van der Waals surface area contributed by atoms with E-state index >= 15 is 0 Å². The maximum atomic E-state index is 13.3. The fraction of sp³-hybridized carbons (Fsp3) is 0.0455. The van der Waals surface area contributed by atoms with Crippen molar-refractivity contribution in [3.05, 3.63) is 107 Å². The number of pyridine rings is 1. The van der Waals surface area contributed by atoms with Crippen molar-refractivity contribution in [2.45, 2.75) is 6.92 Å². The summed E-state index contributed by atoms with van der Waals surface area (Å²) in [5, 5.41) is 23.2. The van der Waals surface area contributed by atoms with E-state index in [4.69, 9.17) is 0 Å². The number of benzene rings is 1. The van der Waals surface area contributed by atoms with E-state index in [2.05, 4.69) is 10.3 Å². The van der Waals surface area contributed by atoms with Crippen LogP contribution in [-0.4, -0.2) is 46.9 Å². The molecule has 0 aliphatic carbocycles. The Hall–Kier alpha value is -5.87. The largest absolute Gasteiger partial charge is 0.494 e. The van der Waals surface area contributed by atoms with E-state index in [-0.39, 0.29) is 11.3 Å². The van der Waals surface area contributed by atoms with Crippen molar-refractivity contribution >= 4 is 23.2 Å². The van der Waals surface area contributed by atoms with Gasteiger partial charge in [-0.25, -0.2) is 18.4 Å². The Kier molecular flexibility index (Phi) is 8.14. The number of halogens is 2. The molecule has 0 radical (unpaired) electrons. The molecule has 17 heteroatoms. The molecule has 0 unspecified atom stereocenters. The molecule has 0 saturated carbocycles. The highest BCUT2D eigenvalue weighted by Crippen LogP contribution is 2.19. The van der Waals surface area contributed by atoms with Crippen LogP contribution in [0.2, 0.25) is 0 Å². The Morgan fingerprint density at radius 2 is 1.15 bits per heavy atom. The van der Waals surface area contributed by atoms with E-state index in [1.807, 2.05) is 20.3 Å². The van der Waals surface area contributed by atoms with Crippen LogP contribution in [0.5, 0.6) is 11.8 Å². The van der Waals surface area contributed by atoms with Crippen molar-refractivity contribution in [2.24, 2.45) is 0 Å². The lowest BCUT2D eigenvalue weighted by atomic mass is 10.2. The second kappa shape index (κ2) is 11.5. The molecule has 3 heterocycles. The number of rotatable bonds is 4. The number of carbonyl (C=O) groups excluding carboxylic acids is 2. The average Bonchev–Trinajstić information content (AvgIpc) is 2.82. The van der Waals surface area contributed by atoms with Gasteiger partial charge in [0.15, 0.2) is 11.1 Å². The van der Waals surface area contributed by atoms with Gasteiger partial charge in [0.25, 0.3) is 22.9 Å². The first-order valence-electron chi connectivity index (χ1n) is 10.5. The summed E-state index contributed by atoms with van der Waals surface area (Å²) in [6, 6.07) is 4.73. The molecular weight excluding hydrogens is 528 g/mol. The highest BCUT2D eigenvalue weighted by Gasteiger charge is 2.19. The van der Waals surface area contributed by atoms with Crippen molar-refractivity contribution in [3.63, 3.8) is 0 Å². The highest BCUT2D eigenvalue weighted by atomic mass is 19.1. The fourth-order valence-corrected chi connectivity index (χ4v) is 2.91. The van der Waals surface area contributed by atoms with Crippen LogP contribution in [0.1, 0.15) is 26.3 Å². The van der Waals surface area contributed by atoms with Gasteiger partial charge in [-0.2, -0.15) is 0 Å². The van der Waals surface area contributed by atoms with Crippen molar-refractivity contribution in [3.8, 4) is 11.8 Å². The Morgan fingerprint density at radius 1 is 0.744 bits per heavy atom. The lowest BCUT2D eigenvalue weighted by molar-refractivity contribution is 0.101. The minimum atomic E-state index is -1.14. The van der Waals surface area contributed by atoms with Gasteiger partial charge in [0.2, 0.25) is 11.8 Å². The number of aromatic amines is 4. The molecule has 0 saturated heterocycles. The SMILES string of the molecule is Cc1c(F)cc(NC(=O)c2c(O)[nH]c(=O)[nH]c2=O)cc1F.O=C(Nc1ccncc1)c1c(O)[nH]c(=O)[nH]c1=O. The van der Waals surface area contributed by atoms with Crippen molar-refractivity contribution in [1.29, 1.82) is 0 Å². The van der Waals surface area contributed by atoms with Crippen molar-refractivity contribution in [1.82, 2.24) is 24.9 Å². The first-order chi connectivity index (χ1) is 18.4. The topological polar surface area (TPSA) is 243 Å². The predicted octanol–water partition coefficient (Wildman–Crippen LogP) is 0.0238. The summed E-state index contributed by atoms with van der Waals surface area (Å²) in [5.41, 5.74) is -5.41. The first-order valence-corrected chi connectivity index (χ1v) is 10.5. The molecule has 2 amide bonds. The Labute approximate surface area is 213 Å². The Bertz CT molecular complexity index is 1770. The van der Waals surface area contributed by atoms with Crippen LogP contribution >= 0.6 is 0 Å². The summed E-state index contributed by atoms with van der Waals surface area (Å²) in [6.45, 7) is 1.22. The molecule has 202 valence electrons. The Balaban J connectivity index is 0.000000218. The third-order valence-electron chi connectivity index (χ3n) is 4.78. The number of hydrogen-bond acceptors (Lipinski definition) is 9. The van der Waals surface area contributed by atoms with Gasteiger partial charge in [-0.15, -0.1) is 0 Å². The summed E-state index contributed by atoms with van der Waals surface area (Å²) in [4.78, 5) is 79.1. The van der Waals surface area contributed by atoms with E-state index in [1.165, 1.54) is 31.5 Å². The maximum Gasteiger partial charge on any atom is 0.328 e. The number of hydrogen-bond donors (Lipinski definition) is 8. The van der Waals surface area contributed by atoms with Crippen LogP contribution in [0.25, 0.3) is 0 Å².